The standard InChI is InChI=1S/C8H14BNO7/c1-3(12)10-5-7(14)6(13)4(2-11)16-8(5)17-9-15/h4,6-9,11,13-15H,2H2,1H3/b10-5-/t4-,6+,7-,8+/m1/s1. The van der Waals surface area contributed by atoms with Crippen LogP contribution in [-0.2, 0) is 14.2 Å². The van der Waals surface area contributed by atoms with Crippen LogP contribution in [-0.4, -0.2) is 70.9 Å². The van der Waals surface area contributed by atoms with Gasteiger partial charge in [-0.3, -0.25) is 4.79 Å². The SMILES string of the molecule is CC(=O)/N=C1\[C@H](OBO)O[C@H](CO)[C@H](O)[C@@H]1O. The molecule has 0 aromatic rings. The van der Waals surface area contributed by atoms with Crippen LogP contribution in [0.5, 0.6) is 0 Å². The Morgan fingerprint density at radius 1 is 1.59 bits per heavy atom. The van der Waals surface area contributed by atoms with Crippen molar-refractivity contribution in [1.29, 1.82) is 0 Å². The van der Waals surface area contributed by atoms with Crippen molar-refractivity contribution >= 4 is 19.3 Å². The van der Waals surface area contributed by atoms with Gasteiger partial charge in [0.15, 0.2) is 6.29 Å². The summed E-state index contributed by atoms with van der Waals surface area (Å²) in [7, 11) is -0.720. The third-order valence-electron chi connectivity index (χ3n) is 2.24. The number of rotatable bonds is 3. The first kappa shape index (κ1) is 14.2. The molecule has 9 heteroatoms. The lowest BCUT2D eigenvalue weighted by Gasteiger charge is -2.36. The van der Waals surface area contributed by atoms with E-state index in [-0.39, 0.29) is 5.71 Å². The molecule has 0 unspecified atom stereocenters. The van der Waals surface area contributed by atoms with Crippen molar-refractivity contribution in [2.75, 3.05) is 6.61 Å². The highest BCUT2D eigenvalue weighted by Crippen LogP contribution is 2.19. The smallest absolute Gasteiger partial charge is 0.430 e. The highest BCUT2D eigenvalue weighted by atomic mass is 16.7. The van der Waals surface area contributed by atoms with E-state index in [0.29, 0.717) is 0 Å². The maximum atomic E-state index is 10.9. The molecule has 0 spiro atoms. The fourth-order valence-electron chi connectivity index (χ4n) is 1.47. The maximum Gasteiger partial charge on any atom is 0.437 e. The summed E-state index contributed by atoms with van der Waals surface area (Å²) >= 11 is 0. The highest BCUT2D eigenvalue weighted by molar-refractivity contribution is 6.17. The summed E-state index contributed by atoms with van der Waals surface area (Å²) in [6.07, 6.45) is -5.27. The number of ether oxygens (including phenoxy) is 1. The van der Waals surface area contributed by atoms with Crippen LogP contribution in [0.25, 0.3) is 0 Å². The lowest BCUT2D eigenvalue weighted by Crippen LogP contribution is -2.57. The maximum absolute atomic E-state index is 10.9. The van der Waals surface area contributed by atoms with Crippen LogP contribution < -0.4 is 0 Å². The van der Waals surface area contributed by atoms with Crippen LogP contribution in [0, 0.1) is 0 Å². The summed E-state index contributed by atoms with van der Waals surface area (Å²) in [5.74, 6) is -0.608. The summed E-state index contributed by atoms with van der Waals surface area (Å²) in [5.41, 5.74) is -0.233. The summed E-state index contributed by atoms with van der Waals surface area (Å²) in [4.78, 5) is 14.3. The van der Waals surface area contributed by atoms with E-state index in [9.17, 15) is 15.0 Å². The predicted octanol–water partition coefficient (Wildman–Crippen LogP) is -3.31. The van der Waals surface area contributed by atoms with Gasteiger partial charge in [0.05, 0.1) is 6.61 Å². The van der Waals surface area contributed by atoms with Gasteiger partial charge in [-0.2, -0.15) is 0 Å². The molecule has 0 aromatic carbocycles. The van der Waals surface area contributed by atoms with Crippen LogP contribution in [0.3, 0.4) is 0 Å². The number of aliphatic hydroxyl groups excluding tert-OH is 3. The van der Waals surface area contributed by atoms with E-state index in [1.165, 1.54) is 0 Å². The Labute approximate surface area is 97.8 Å². The molecule has 1 aliphatic rings. The molecule has 96 valence electrons. The van der Waals surface area contributed by atoms with Gasteiger partial charge < -0.3 is 29.7 Å². The van der Waals surface area contributed by atoms with E-state index >= 15 is 0 Å². The van der Waals surface area contributed by atoms with Gasteiger partial charge in [-0.1, -0.05) is 0 Å². The molecule has 1 saturated heterocycles. The Hall–Kier alpha value is -0.835. The van der Waals surface area contributed by atoms with Gasteiger partial charge in [-0.05, 0) is 0 Å². The molecule has 1 heterocycles. The molecule has 1 amide bonds. The van der Waals surface area contributed by atoms with Crippen molar-refractivity contribution in [2.24, 2.45) is 4.99 Å². The highest BCUT2D eigenvalue weighted by Gasteiger charge is 2.42. The molecule has 0 aromatic heterocycles. The van der Waals surface area contributed by atoms with E-state index in [2.05, 4.69) is 4.99 Å². The minimum Gasteiger partial charge on any atom is -0.430 e. The van der Waals surface area contributed by atoms with Gasteiger partial charge in [-0.15, -0.1) is 0 Å². The number of aliphatic hydroxyl groups is 3. The molecule has 4 atom stereocenters. The van der Waals surface area contributed by atoms with E-state index in [0.717, 1.165) is 6.92 Å². The largest absolute Gasteiger partial charge is 0.437 e. The van der Waals surface area contributed by atoms with Gasteiger partial charge in [0.25, 0.3) is 0 Å². The van der Waals surface area contributed by atoms with Crippen molar-refractivity contribution < 1.29 is 34.5 Å². The van der Waals surface area contributed by atoms with Crippen LogP contribution in [0.1, 0.15) is 6.92 Å². The number of nitrogens with zero attached hydrogens (tertiary/aromatic N) is 1. The number of carbonyl (C=O) groups excluding carboxylic acids is 1. The predicted molar refractivity (Wildman–Crippen MR) is 56.3 cm³/mol. The van der Waals surface area contributed by atoms with Crippen molar-refractivity contribution in [3.63, 3.8) is 0 Å². The third-order valence-corrected chi connectivity index (χ3v) is 2.24. The van der Waals surface area contributed by atoms with Gasteiger partial charge in [0.2, 0.25) is 5.91 Å². The molecule has 0 bridgehead atoms. The molecular formula is C8H14BNO7. The lowest BCUT2D eigenvalue weighted by molar-refractivity contribution is -0.175. The molecule has 4 N–H and O–H groups in total. The minimum atomic E-state index is -1.50. The number of hydrogen-bond donors (Lipinski definition) is 4. The van der Waals surface area contributed by atoms with Crippen LogP contribution in [0.2, 0.25) is 0 Å². The number of carbonyl (C=O) groups is 1. The van der Waals surface area contributed by atoms with Crippen molar-refractivity contribution in [1.82, 2.24) is 0 Å². The Kier molecular flexibility index (Phi) is 5.18. The van der Waals surface area contributed by atoms with Gasteiger partial charge >= 0.3 is 7.69 Å². The summed E-state index contributed by atoms with van der Waals surface area (Å²) in [6.45, 7) is 0.608. The fourth-order valence-corrected chi connectivity index (χ4v) is 1.47. The monoisotopic (exact) mass is 247 g/mol. The van der Waals surface area contributed by atoms with Crippen molar-refractivity contribution in [3.05, 3.63) is 0 Å². The number of amides is 1. The molecular weight excluding hydrogens is 233 g/mol. The van der Waals surface area contributed by atoms with Gasteiger partial charge in [0.1, 0.15) is 24.0 Å². The first-order chi connectivity index (χ1) is 8.01. The zero-order chi connectivity index (χ0) is 13.0. The number of hydrogen-bond acceptors (Lipinski definition) is 7. The molecule has 0 saturated carbocycles. The van der Waals surface area contributed by atoms with Crippen LogP contribution >= 0.6 is 0 Å². The lowest BCUT2D eigenvalue weighted by atomic mass is 9.99. The molecule has 1 rings (SSSR count). The fraction of sp³-hybridized carbons (Fsp3) is 0.750. The van der Waals surface area contributed by atoms with E-state index in [1.54, 1.807) is 0 Å². The molecule has 17 heavy (non-hydrogen) atoms. The summed E-state index contributed by atoms with van der Waals surface area (Å²) in [5, 5.41) is 36.8. The Bertz CT molecular complexity index is 310. The van der Waals surface area contributed by atoms with Gasteiger partial charge in [-0.25, -0.2) is 4.99 Å². The Morgan fingerprint density at radius 3 is 2.71 bits per heavy atom. The molecule has 1 aliphatic heterocycles. The van der Waals surface area contributed by atoms with Crippen LogP contribution in [0.4, 0.5) is 0 Å². The molecule has 1 fully saturated rings. The first-order valence-corrected chi connectivity index (χ1v) is 4.95. The second-order valence-electron chi connectivity index (χ2n) is 3.48. The normalized spacial score (nSPS) is 35.9. The topological polar surface area (TPSA) is 129 Å². The van der Waals surface area contributed by atoms with Crippen LogP contribution in [0.15, 0.2) is 4.99 Å². The summed E-state index contributed by atoms with van der Waals surface area (Å²) in [6, 6.07) is 0. The third kappa shape index (κ3) is 3.31. The van der Waals surface area contributed by atoms with Crippen molar-refractivity contribution in [2.45, 2.75) is 31.5 Å². The molecule has 0 radical (unpaired) electrons. The zero-order valence-corrected chi connectivity index (χ0v) is 9.18. The van der Waals surface area contributed by atoms with Crippen molar-refractivity contribution in [3.8, 4) is 0 Å². The Balaban J connectivity index is 2.94. The molecule has 0 aliphatic carbocycles. The minimum absolute atomic E-state index is 0.233. The van der Waals surface area contributed by atoms with E-state index < -0.39 is 44.8 Å². The zero-order valence-electron chi connectivity index (χ0n) is 9.18. The first-order valence-electron chi connectivity index (χ1n) is 4.95. The van der Waals surface area contributed by atoms with E-state index in [1.807, 2.05) is 0 Å². The van der Waals surface area contributed by atoms with Gasteiger partial charge in [0, 0.05) is 6.92 Å². The average Bonchev–Trinajstić information content (AvgIpc) is 2.28. The number of aliphatic imine (C=N–C) groups is 1. The second-order valence-corrected chi connectivity index (χ2v) is 3.48. The van der Waals surface area contributed by atoms with E-state index in [4.69, 9.17) is 19.5 Å². The quantitative estimate of drug-likeness (QED) is 0.384. The average molecular weight is 247 g/mol. The summed E-state index contributed by atoms with van der Waals surface area (Å²) < 4.78 is 9.76. The molecule has 8 nitrogen and oxygen atoms in total. The Morgan fingerprint density at radius 2 is 2.24 bits per heavy atom. The second kappa shape index (κ2) is 6.19.